The Morgan fingerprint density at radius 2 is 2.00 bits per heavy atom. The number of thiophene rings is 1. The SMILES string of the molecule is CN(C)CCNc1nc(-c2ccsc2)nc2ccccc12. The van der Waals surface area contributed by atoms with Crippen molar-refractivity contribution in [2.45, 2.75) is 0 Å². The van der Waals surface area contributed by atoms with E-state index in [9.17, 15) is 0 Å². The van der Waals surface area contributed by atoms with Gasteiger partial charge in [0.1, 0.15) is 5.82 Å². The van der Waals surface area contributed by atoms with Crippen molar-refractivity contribution in [3.05, 3.63) is 41.1 Å². The molecule has 2 aromatic heterocycles. The zero-order chi connectivity index (χ0) is 14.7. The van der Waals surface area contributed by atoms with Crippen LogP contribution in [-0.4, -0.2) is 42.1 Å². The first-order chi connectivity index (χ1) is 10.2. The molecule has 5 heteroatoms. The van der Waals surface area contributed by atoms with Crippen LogP contribution < -0.4 is 5.32 Å². The van der Waals surface area contributed by atoms with Crippen LogP contribution in [-0.2, 0) is 0 Å². The topological polar surface area (TPSA) is 41.0 Å². The van der Waals surface area contributed by atoms with Crippen molar-refractivity contribution < 1.29 is 0 Å². The van der Waals surface area contributed by atoms with Gasteiger partial charge in [0.05, 0.1) is 5.52 Å². The van der Waals surface area contributed by atoms with Crippen molar-refractivity contribution in [2.75, 3.05) is 32.5 Å². The predicted molar refractivity (Wildman–Crippen MR) is 89.9 cm³/mol. The average molecular weight is 298 g/mol. The molecule has 0 aliphatic carbocycles. The Kier molecular flexibility index (Phi) is 4.13. The predicted octanol–water partition coefficient (Wildman–Crippen LogP) is 3.33. The van der Waals surface area contributed by atoms with Crippen LogP contribution in [0, 0.1) is 0 Å². The fourth-order valence-corrected chi connectivity index (χ4v) is 2.76. The van der Waals surface area contributed by atoms with Crippen molar-refractivity contribution in [3.63, 3.8) is 0 Å². The Morgan fingerprint density at radius 3 is 2.76 bits per heavy atom. The van der Waals surface area contributed by atoms with Crippen molar-refractivity contribution in [1.29, 1.82) is 0 Å². The summed E-state index contributed by atoms with van der Waals surface area (Å²) >= 11 is 1.66. The van der Waals surface area contributed by atoms with Gasteiger partial charge in [-0.25, -0.2) is 9.97 Å². The lowest BCUT2D eigenvalue weighted by atomic mass is 10.2. The van der Waals surface area contributed by atoms with Gasteiger partial charge in [-0.3, -0.25) is 0 Å². The van der Waals surface area contributed by atoms with Crippen LogP contribution in [0.25, 0.3) is 22.3 Å². The summed E-state index contributed by atoms with van der Waals surface area (Å²) in [5, 5.41) is 8.62. The van der Waals surface area contributed by atoms with E-state index in [4.69, 9.17) is 4.98 Å². The average Bonchev–Trinajstić information content (AvgIpc) is 3.01. The number of nitrogens with zero attached hydrogens (tertiary/aromatic N) is 3. The van der Waals surface area contributed by atoms with E-state index in [0.29, 0.717) is 0 Å². The third-order valence-corrected chi connectivity index (χ3v) is 3.92. The van der Waals surface area contributed by atoms with Crippen molar-refractivity contribution >= 4 is 28.1 Å². The second kappa shape index (κ2) is 6.20. The van der Waals surface area contributed by atoms with Gasteiger partial charge in [-0.2, -0.15) is 11.3 Å². The summed E-state index contributed by atoms with van der Waals surface area (Å²) in [6.45, 7) is 1.82. The number of para-hydroxylation sites is 1. The number of hydrogen-bond donors (Lipinski definition) is 1. The molecule has 0 aliphatic heterocycles. The molecule has 0 atom stereocenters. The standard InChI is InChI=1S/C16H18N4S/c1-20(2)9-8-17-16-13-5-3-4-6-14(13)18-15(19-16)12-7-10-21-11-12/h3-7,10-11H,8-9H2,1-2H3,(H,17,18,19). The van der Waals surface area contributed by atoms with E-state index in [1.807, 2.05) is 23.6 Å². The number of rotatable bonds is 5. The zero-order valence-electron chi connectivity index (χ0n) is 12.2. The van der Waals surface area contributed by atoms with Gasteiger partial charge >= 0.3 is 0 Å². The molecule has 0 bridgehead atoms. The van der Waals surface area contributed by atoms with Gasteiger partial charge in [0.25, 0.3) is 0 Å². The Morgan fingerprint density at radius 1 is 1.14 bits per heavy atom. The van der Waals surface area contributed by atoms with Gasteiger partial charge in [0.15, 0.2) is 5.82 Å². The van der Waals surface area contributed by atoms with Crippen molar-refractivity contribution in [3.8, 4) is 11.4 Å². The smallest absolute Gasteiger partial charge is 0.162 e. The molecule has 108 valence electrons. The molecular weight excluding hydrogens is 280 g/mol. The summed E-state index contributed by atoms with van der Waals surface area (Å²) in [6, 6.07) is 10.2. The molecule has 0 saturated carbocycles. The maximum atomic E-state index is 4.71. The molecule has 0 radical (unpaired) electrons. The van der Waals surface area contributed by atoms with E-state index in [1.165, 1.54) is 0 Å². The minimum Gasteiger partial charge on any atom is -0.368 e. The first kappa shape index (κ1) is 14.0. The van der Waals surface area contributed by atoms with Gasteiger partial charge in [-0.05, 0) is 37.7 Å². The van der Waals surface area contributed by atoms with Crippen LogP contribution in [0.4, 0.5) is 5.82 Å². The van der Waals surface area contributed by atoms with Gasteiger partial charge in [0, 0.05) is 29.4 Å². The highest BCUT2D eigenvalue weighted by Gasteiger charge is 2.09. The number of likely N-dealkylation sites (N-methyl/N-ethyl adjacent to an activating group) is 1. The Labute approximate surface area is 128 Å². The quantitative estimate of drug-likeness (QED) is 0.784. The van der Waals surface area contributed by atoms with E-state index in [-0.39, 0.29) is 0 Å². The third-order valence-electron chi connectivity index (χ3n) is 3.23. The molecule has 0 fully saturated rings. The summed E-state index contributed by atoms with van der Waals surface area (Å²) in [5.74, 6) is 1.69. The molecular formula is C16H18N4S. The first-order valence-corrected chi connectivity index (χ1v) is 7.86. The minimum atomic E-state index is 0.780. The highest BCUT2D eigenvalue weighted by atomic mass is 32.1. The van der Waals surface area contributed by atoms with Crippen LogP contribution in [0.3, 0.4) is 0 Å². The Balaban J connectivity index is 1.99. The monoisotopic (exact) mass is 298 g/mol. The molecule has 21 heavy (non-hydrogen) atoms. The van der Waals surface area contributed by atoms with Gasteiger partial charge < -0.3 is 10.2 Å². The molecule has 0 unspecified atom stereocenters. The van der Waals surface area contributed by atoms with Crippen LogP contribution in [0.1, 0.15) is 0 Å². The zero-order valence-corrected chi connectivity index (χ0v) is 13.0. The van der Waals surface area contributed by atoms with Crippen LogP contribution in [0.15, 0.2) is 41.1 Å². The lowest BCUT2D eigenvalue weighted by Gasteiger charge is -2.13. The van der Waals surface area contributed by atoms with E-state index >= 15 is 0 Å². The van der Waals surface area contributed by atoms with Gasteiger partial charge in [-0.15, -0.1) is 0 Å². The molecule has 1 N–H and O–H groups in total. The third kappa shape index (κ3) is 3.20. The molecule has 0 saturated heterocycles. The van der Waals surface area contributed by atoms with Gasteiger partial charge in [0.2, 0.25) is 0 Å². The molecule has 2 heterocycles. The minimum absolute atomic E-state index is 0.780. The molecule has 3 rings (SSSR count). The summed E-state index contributed by atoms with van der Waals surface area (Å²) in [6.07, 6.45) is 0. The van der Waals surface area contributed by atoms with E-state index in [0.717, 1.165) is 41.2 Å². The molecule has 0 aliphatic rings. The molecule has 0 amide bonds. The molecule has 0 spiro atoms. The van der Waals surface area contributed by atoms with Crippen molar-refractivity contribution in [2.24, 2.45) is 0 Å². The highest BCUT2D eigenvalue weighted by molar-refractivity contribution is 7.08. The van der Waals surface area contributed by atoms with Crippen LogP contribution >= 0.6 is 11.3 Å². The number of anilines is 1. The van der Waals surface area contributed by atoms with E-state index in [2.05, 4.69) is 46.8 Å². The normalized spacial score (nSPS) is 11.2. The second-order valence-electron chi connectivity index (χ2n) is 5.16. The number of hydrogen-bond acceptors (Lipinski definition) is 5. The lowest BCUT2D eigenvalue weighted by molar-refractivity contribution is 0.425. The lowest BCUT2D eigenvalue weighted by Crippen LogP contribution is -2.21. The first-order valence-electron chi connectivity index (χ1n) is 6.92. The van der Waals surface area contributed by atoms with E-state index < -0.39 is 0 Å². The summed E-state index contributed by atoms with van der Waals surface area (Å²) < 4.78 is 0. The molecule has 3 aromatic rings. The molecule has 1 aromatic carbocycles. The highest BCUT2D eigenvalue weighted by Crippen LogP contribution is 2.25. The van der Waals surface area contributed by atoms with E-state index in [1.54, 1.807) is 11.3 Å². The summed E-state index contributed by atoms with van der Waals surface area (Å²) in [7, 11) is 4.13. The summed E-state index contributed by atoms with van der Waals surface area (Å²) in [5.41, 5.74) is 2.04. The number of benzene rings is 1. The second-order valence-corrected chi connectivity index (χ2v) is 5.94. The fourth-order valence-electron chi connectivity index (χ4n) is 2.13. The maximum Gasteiger partial charge on any atom is 0.162 e. The van der Waals surface area contributed by atoms with Crippen LogP contribution in [0.5, 0.6) is 0 Å². The fraction of sp³-hybridized carbons (Fsp3) is 0.250. The van der Waals surface area contributed by atoms with Crippen molar-refractivity contribution in [1.82, 2.24) is 14.9 Å². The molecule has 4 nitrogen and oxygen atoms in total. The number of fused-ring (bicyclic) bond motifs is 1. The Hall–Kier alpha value is -1.98. The Bertz CT molecular complexity index is 722. The number of nitrogens with one attached hydrogen (secondary N) is 1. The maximum absolute atomic E-state index is 4.71. The van der Waals surface area contributed by atoms with Gasteiger partial charge in [-0.1, -0.05) is 12.1 Å². The largest absolute Gasteiger partial charge is 0.368 e. The number of aromatic nitrogens is 2. The summed E-state index contributed by atoms with van der Waals surface area (Å²) in [4.78, 5) is 11.5. The van der Waals surface area contributed by atoms with Crippen LogP contribution in [0.2, 0.25) is 0 Å².